The zero-order valence-electron chi connectivity index (χ0n) is 10.1. The molecule has 0 saturated carbocycles. The molecule has 0 atom stereocenters. The molecule has 0 amide bonds. The lowest BCUT2D eigenvalue weighted by Gasteiger charge is -2.32. The molecule has 2 nitrogen and oxygen atoms in total. The van der Waals surface area contributed by atoms with E-state index in [1.165, 1.54) is 0 Å². The first-order valence-corrected chi connectivity index (χ1v) is 7.94. The summed E-state index contributed by atoms with van der Waals surface area (Å²) in [7, 11) is 0. The lowest BCUT2D eigenvalue weighted by Crippen LogP contribution is -2.43. The molecule has 18 heavy (non-hydrogen) atoms. The first kappa shape index (κ1) is 14.5. The molecular formula is C13H17Cl2NOS. The first-order chi connectivity index (χ1) is 8.57. The van der Waals surface area contributed by atoms with E-state index in [-0.39, 0.29) is 0 Å². The van der Waals surface area contributed by atoms with Gasteiger partial charge in [-0.25, -0.2) is 0 Å². The molecule has 1 aliphatic heterocycles. The zero-order chi connectivity index (χ0) is 13.0. The average molecular weight is 306 g/mol. The van der Waals surface area contributed by atoms with Crippen LogP contribution in [0, 0.1) is 0 Å². The third-order valence-corrected chi connectivity index (χ3v) is 4.55. The maximum atomic E-state index is 10.3. The summed E-state index contributed by atoms with van der Waals surface area (Å²) in [5, 5.41) is 14.9. The van der Waals surface area contributed by atoms with Gasteiger partial charge in [0.2, 0.25) is 0 Å². The molecule has 0 aliphatic carbocycles. The van der Waals surface area contributed by atoms with Crippen LogP contribution in [0.4, 0.5) is 0 Å². The van der Waals surface area contributed by atoms with Gasteiger partial charge in [0.15, 0.2) is 0 Å². The van der Waals surface area contributed by atoms with Crippen molar-refractivity contribution in [2.45, 2.75) is 25.0 Å². The smallest absolute Gasteiger partial charge is 0.0787 e. The van der Waals surface area contributed by atoms with Crippen molar-refractivity contribution >= 4 is 35.0 Å². The summed E-state index contributed by atoms with van der Waals surface area (Å²) < 4.78 is 0. The number of benzene rings is 1. The van der Waals surface area contributed by atoms with Crippen molar-refractivity contribution in [1.82, 2.24) is 5.32 Å². The molecule has 1 saturated heterocycles. The van der Waals surface area contributed by atoms with Gasteiger partial charge in [0, 0.05) is 23.1 Å². The quantitative estimate of drug-likeness (QED) is 0.895. The molecule has 1 aliphatic rings. The highest BCUT2D eigenvalue weighted by molar-refractivity contribution is 7.99. The van der Waals surface area contributed by atoms with Crippen molar-refractivity contribution in [2.75, 3.05) is 18.1 Å². The van der Waals surface area contributed by atoms with Gasteiger partial charge in [-0.3, -0.25) is 0 Å². The van der Waals surface area contributed by atoms with E-state index in [0.29, 0.717) is 23.1 Å². The van der Waals surface area contributed by atoms with E-state index in [1.807, 2.05) is 23.9 Å². The largest absolute Gasteiger partial charge is 0.389 e. The number of nitrogens with one attached hydrogen (secondary N) is 1. The fourth-order valence-corrected chi connectivity index (χ4v) is 3.90. The minimum Gasteiger partial charge on any atom is -0.389 e. The van der Waals surface area contributed by atoms with E-state index in [1.54, 1.807) is 6.07 Å². The standard InChI is InChI=1S/C13H17Cl2NOS/c14-11-5-10(6-12(15)7-11)8-16-9-13(17)1-3-18-4-2-13/h5-7,16-17H,1-4,8-9H2. The number of hydrogen-bond acceptors (Lipinski definition) is 3. The van der Waals surface area contributed by atoms with Gasteiger partial charge in [0.1, 0.15) is 0 Å². The molecule has 0 aromatic heterocycles. The van der Waals surface area contributed by atoms with E-state index >= 15 is 0 Å². The van der Waals surface area contributed by atoms with Crippen LogP contribution in [0.1, 0.15) is 18.4 Å². The van der Waals surface area contributed by atoms with E-state index in [4.69, 9.17) is 23.2 Å². The van der Waals surface area contributed by atoms with E-state index in [9.17, 15) is 5.11 Å². The van der Waals surface area contributed by atoms with Crippen molar-refractivity contribution in [3.63, 3.8) is 0 Å². The van der Waals surface area contributed by atoms with Gasteiger partial charge >= 0.3 is 0 Å². The Bertz CT molecular complexity index is 388. The van der Waals surface area contributed by atoms with Gasteiger partial charge in [-0.2, -0.15) is 11.8 Å². The Balaban J connectivity index is 1.84. The van der Waals surface area contributed by atoms with Gasteiger partial charge in [-0.15, -0.1) is 0 Å². The normalized spacial score (nSPS) is 18.8. The van der Waals surface area contributed by atoms with Gasteiger partial charge in [-0.05, 0) is 48.1 Å². The Morgan fingerprint density at radius 1 is 1.17 bits per heavy atom. The molecule has 1 fully saturated rings. The number of rotatable bonds is 4. The van der Waals surface area contributed by atoms with Gasteiger partial charge in [-0.1, -0.05) is 23.2 Å². The lowest BCUT2D eigenvalue weighted by atomic mass is 9.97. The molecule has 2 rings (SSSR count). The second-order valence-electron chi connectivity index (χ2n) is 4.72. The van der Waals surface area contributed by atoms with E-state index < -0.39 is 5.60 Å². The SMILES string of the molecule is OC1(CNCc2cc(Cl)cc(Cl)c2)CCSCC1. The molecule has 5 heteroatoms. The highest BCUT2D eigenvalue weighted by Crippen LogP contribution is 2.26. The Morgan fingerprint density at radius 2 is 1.78 bits per heavy atom. The van der Waals surface area contributed by atoms with Crippen LogP contribution in [-0.2, 0) is 6.54 Å². The zero-order valence-corrected chi connectivity index (χ0v) is 12.4. The third-order valence-electron chi connectivity index (χ3n) is 3.13. The minimum atomic E-state index is -0.548. The van der Waals surface area contributed by atoms with Crippen molar-refractivity contribution < 1.29 is 5.11 Å². The summed E-state index contributed by atoms with van der Waals surface area (Å²) >= 11 is 13.8. The number of aliphatic hydroxyl groups is 1. The lowest BCUT2D eigenvalue weighted by molar-refractivity contribution is 0.0320. The van der Waals surface area contributed by atoms with Crippen molar-refractivity contribution in [3.8, 4) is 0 Å². The van der Waals surface area contributed by atoms with Gasteiger partial charge < -0.3 is 10.4 Å². The molecule has 100 valence electrons. The molecule has 1 aromatic carbocycles. The number of thioether (sulfide) groups is 1. The molecule has 0 radical (unpaired) electrons. The van der Waals surface area contributed by atoms with Gasteiger partial charge in [0.05, 0.1) is 5.60 Å². The molecule has 1 aromatic rings. The Morgan fingerprint density at radius 3 is 2.39 bits per heavy atom. The average Bonchev–Trinajstić information content (AvgIpc) is 2.28. The summed E-state index contributed by atoms with van der Waals surface area (Å²) in [6.07, 6.45) is 1.72. The minimum absolute atomic E-state index is 0.548. The van der Waals surface area contributed by atoms with Crippen LogP contribution in [0.25, 0.3) is 0 Å². The van der Waals surface area contributed by atoms with Crippen LogP contribution in [0.2, 0.25) is 10.0 Å². The Hall–Kier alpha value is 0.0700. The van der Waals surface area contributed by atoms with Crippen LogP contribution >= 0.6 is 35.0 Å². The van der Waals surface area contributed by atoms with Crippen molar-refractivity contribution in [3.05, 3.63) is 33.8 Å². The third kappa shape index (κ3) is 4.32. The first-order valence-electron chi connectivity index (χ1n) is 6.03. The summed E-state index contributed by atoms with van der Waals surface area (Å²) in [5.74, 6) is 2.09. The summed E-state index contributed by atoms with van der Waals surface area (Å²) in [5.41, 5.74) is 0.495. The topological polar surface area (TPSA) is 32.3 Å². The highest BCUT2D eigenvalue weighted by atomic mass is 35.5. The number of hydrogen-bond donors (Lipinski definition) is 2. The number of halogens is 2. The monoisotopic (exact) mass is 305 g/mol. The van der Waals surface area contributed by atoms with Gasteiger partial charge in [0.25, 0.3) is 0 Å². The fraction of sp³-hybridized carbons (Fsp3) is 0.538. The Labute approximate surface area is 122 Å². The summed E-state index contributed by atoms with van der Waals surface area (Å²) in [6.45, 7) is 1.30. The van der Waals surface area contributed by atoms with Crippen LogP contribution in [0.15, 0.2) is 18.2 Å². The second kappa shape index (κ2) is 6.49. The predicted molar refractivity (Wildman–Crippen MR) is 79.7 cm³/mol. The van der Waals surface area contributed by atoms with Crippen LogP contribution in [0.5, 0.6) is 0 Å². The summed E-state index contributed by atoms with van der Waals surface area (Å²) in [6, 6.07) is 5.50. The van der Waals surface area contributed by atoms with E-state index in [2.05, 4.69) is 5.32 Å². The second-order valence-corrected chi connectivity index (χ2v) is 6.82. The van der Waals surface area contributed by atoms with Crippen LogP contribution in [-0.4, -0.2) is 28.8 Å². The molecule has 0 spiro atoms. The molecular weight excluding hydrogens is 289 g/mol. The predicted octanol–water partition coefficient (Wildman–Crippen LogP) is 3.34. The van der Waals surface area contributed by atoms with Crippen LogP contribution in [0.3, 0.4) is 0 Å². The molecule has 0 unspecified atom stereocenters. The highest BCUT2D eigenvalue weighted by Gasteiger charge is 2.28. The Kier molecular flexibility index (Phi) is 5.22. The molecule has 0 bridgehead atoms. The molecule has 2 N–H and O–H groups in total. The van der Waals surface area contributed by atoms with Crippen LogP contribution < -0.4 is 5.32 Å². The van der Waals surface area contributed by atoms with Crippen molar-refractivity contribution in [2.24, 2.45) is 0 Å². The fourth-order valence-electron chi connectivity index (χ4n) is 2.08. The molecule has 1 heterocycles. The maximum absolute atomic E-state index is 10.3. The summed E-state index contributed by atoms with van der Waals surface area (Å²) in [4.78, 5) is 0. The maximum Gasteiger partial charge on any atom is 0.0787 e. The van der Waals surface area contributed by atoms with E-state index in [0.717, 1.165) is 29.9 Å². The van der Waals surface area contributed by atoms with Crippen molar-refractivity contribution in [1.29, 1.82) is 0 Å².